The Morgan fingerprint density at radius 1 is 1.44 bits per heavy atom. The van der Waals surface area contributed by atoms with Crippen LogP contribution in [0, 0.1) is 0 Å². The summed E-state index contributed by atoms with van der Waals surface area (Å²) in [5.74, 6) is -0.659. The van der Waals surface area contributed by atoms with Crippen LogP contribution < -0.4 is 0 Å². The molecule has 2 heterocycles. The molecule has 2 atom stereocenters. The van der Waals surface area contributed by atoms with Gasteiger partial charge in [0, 0.05) is 5.92 Å². The fraction of sp³-hybridized carbons (Fsp3) is 0.750. The molecule has 1 N–H and O–H groups in total. The fourth-order valence-electron chi connectivity index (χ4n) is 2.58. The average Bonchev–Trinajstić information content (AvgIpc) is 2.94. The summed E-state index contributed by atoms with van der Waals surface area (Å²) >= 11 is 0. The number of hydrogen-bond donors (Lipinski definition) is 1. The van der Waals surface area contributed by atoms with Gasteiger partial charge in [-0.25, -0.2) is 9.48 Å². The van der Waals surface area contributed by atoms with Gasteiger partial charge in [0.25, 0.3) is 0 Å². The molecule has 6 nitrogen and oxygen atoms in total. The van der Waals surface area contributed by atoms with Gasteiger partial charge in [-0.2, -0.15) is 0 Å². The molecular formula is C12H17N3O3. The number of hydrogen-bond acceptors (Lipinski definition) is 4. The minimum absolute atomic E-state index is 0.114. The lowest BCUT2D eigenvalue weighted by Crippen LogP contribution is -2.19. The number of aromatic carboxylic acids is 1. The molecule has 1 saturated heterocycles. The van der Waals surface area contributed by atoms with Gasteiger partial charge in [-0.1, -0.05) is 5.21 Å². The lowest BCUT2D eigenvalue weighted by atomic mass is 10.2. The van der Waals surface area contributed by atoms with Gasteiger partial charge in [0.1, 0.15) is 0 Å². The van der Waals surface area contributed by atoms with Gasteiger partial charge in [0.2, 0.25) is 0 Å². The van der Waals surface area contributed by atoms with Crippen LogP contribution in [0.5, 0.6) is 0 Å². The molecule has 1 aliphatic carbocycles. The van der Waals surface area contributed by atoms with Crippen molar-refractivity contribution < 1.29 is 14.6 Å². The molecule has 98 valence electrons. The quantitative estimate of drug-likeness (QED) is 0.875. The number of aromatic nitrogens is 3. The molecular weight excluding hydrogens is 234 g/mol. The summed E-state index contributed by atoms with van der Waals surface area (Å²) in [5, 5.41) is 16.9. The molecule has 0 bridgehead atoms. The largest absolute Gasteiger partial charge is 0.476 e. The van der Waals surface area contributed by atoms with Crippen molar-refractivity contribution in [1.82, 2.24) is 15.0 Å². The first-order valence-corrected chi connectivity index (χ1v) is 6.47. The van der Waals surface area contributed by atoms with Crippen molar-refractivity contribution in [1.29, 1.82) is 0 Å². The third kappa shape index (κ3) is 2.12. The van der Waals surface area contributed by atoms with Gasteiger partial charge in [0.15, 0.2) is 5.69 Å². The SMILES string of the molecule is CC1CCC(Cn2nnc(C(=O)O)c2C2CC2)O1. The molecule has 1 aromatic rings. The third-order valence-corrected chi connectivity index (χ3v) is 3.64. The molecule has 1 aromatic heterocycles. The Morgan fingerprint density at radius 2 is 2.22 bits per heavy atom. The van der Waals surface area contributed by atoms with E-state index in [1.54, 1.807) is 4.68 Å². The highest BCUT2D eigenvalue weighted by Crippen LogP contribution is 2.41. The van der Waals surface area contributed by atoms with E-state index >= 15 is 0 Å². The van der Waals surface area contributed by atoms with Crippen LogP contribution in [0.4, 0.5) is 0 Å². The summed E-state index contributed by atoms with van der Waals surface area (Å²) in [5.41, 5.74) is 0.897. The number of carbonyl (C=O) groups is 1. The fourth-order valence-corrected chi connectivity index (χ4v) is 2.58. The highest BCUT2D eigenvalue weighted by atomic mass is 16.5. The van der Waals surface area contributed by atoms with Crippen LogP contribution in [0.25, 0.3) is 0 Å². The van der Waals surface area contributed by atoms with Gasteiger partial charge >= 0.3 is 5.97 Å². The Balaban J connectivity index is 1.81. The Morgan fingerprint density at radius 3 is 2.78 bits per heavy atom. The first-order chi connectivity index (χ1) is 8.65. The van der Waals surface area contributed by atoms with Crippen LogP contribution in [0.2, 0.25) is 0 Å². The van der Waals surface area contributed by atoms with Crippen LogP contribution in [0.15, 0.2) is 0 Å². The van der Waals surface area contributed by atoms with Crippen molar-refractivity contribution in [3.63, 3.8) is 0 Å². The van der Waals surface area contributed by atoms with Crippen LogP contribution in [0.1, 0.15) is 54.7 Å². The Kier molecular flexibility index (Phi) is 2.81. The Labute approximate surface area is 105 Å². The van der Waals surface area contributed by atoms with Crippen molar-refractivity contribution in [2.45, 2.75) is 57.3 Å². The predicted octanol–water partition coefficient (Wildman–Crippen LogP) is 1.42. The number of carboxylic acid groups (broad SMARTS) is 1. The molecule has 0 aromatic carbocycles. The van der Waals surface area contributed by atoms with E-state index in [0.29, 0.717) is 18.6 Å². The van der Waals surface area contributed by atoms with E-state index < -0.39 is 5.97 Å². The van der Waals surface area contributed by atoms with E-state index in [4.69, 9.17) is 9.84 Å². The summed E-state index contributed by atoms with van der Waals surface area (Å²) in [6.07, 6.45) is 4.57. The maximum atomic E-state index is 11.1. The van der Waals surface area contributed by atoms with E-state index in [2.05, 4.69) is 17.2 Å². The smallest absolute Gasteiger partial charge is 0.358 e. The van der Waals surface area contributed by atoms with Crippen LogP contribution >= 0.6 is 0 Å². The van der Waals surface area contributed by atoms with Gasteiger partial charge in [-0.3, -0.25) is 0 Å². The van der Waals surface area contributed by atoms with E-state index in [9.17, 15) is 4.79 Å². The van der Waals surface area contributed by atoms with Crippen molar-refractivity contribution in [3.8, 4) is 0 Å². The predicted molar refractivity (Wildman–Crippen MR) is 62.5 cm³/mol. The van der Waals surface area contributed by atoms with Gasteiger partial charge in [0.05, 0.1) is 24.4 Å². The van der Waals surface area contributed by atoms with Crippen molar-refractivity contribution in [3.05, 3.63) is 11.4 Å². The van der Waals surface area contributed by atoms with E-state index in [-0.39, 0.29) is 11.8 Å². The number of ether oxygens (including phenoxy) is 1. The molecule has 2 fully saturated rings. The van der Waals surface area contributed by atoms with Crippen LogP contribution in [0.3, 0.4) is 0 Å². The summed E-state index contributed by atoms with van der Waals surface area (Å²) in [4.78, 5) is 11.1. The van der Waals surface area contributed by atoms with Crippen LogP contribution in [-0.4, -0.2) is 38.3 Å². The van der Waals surface area contributed by atoms with Gasteiger partial charge in [-0.05, 0) is 32.6 Å². The molecule has 6 heteroatoms. The normalized spacial score (nSPS) is 27.6. The monoisotopic (exact) mass is 251 g/mol. The minimum atomic E-state index is -0.983. The molecule has 2 aliphatic rings. The zero-order valence-electron chi connectivity index (χ0n) is 10.4. The molecule has 3 rings (SSSR count). The van der Waals surface area contributed by atoms with Crippen molar-refractivity contribution >= 4 is 5.97 Å². The zero-order valence-corrected chi connectivity index (χ0v) is 10.4. The van der Waals surface area contributed by atoms with Gasteiger partial charge < -0.3 is 9.84 Å². The summed E-state index contributed by atoms with van der Waals surface area (Å²) < 4.78 is 7.49. The standard InChI is InChI=1S/C12H17N3O3/c1-7-2-5-9(18-7)6-15-11(8-3-4-8)10(12(16)17)13-14-15/h7-9H,2-6H2,1H3,(H,16,17). The summed E-state index contributed by atoms with van der Waals surface area (Å²) in [6, 6.07) is 0. The zero-order chi connectivity index (χ0) is 12.7. The number of nitrogens with zero attached hydrogens (tertiary/aromatic N) is 3. The van der Waals surface area contributed by atoms with Crippen LogP contribution in [-0.2, 0) is 11.3 Å². The second-order valence-electron chi connectivity index (χ2n) is 5.23. The molecule has 2 unspecified atom stereocenters. The topological polar surface area (TPSA) is 77.2 Å². The maximum absolute atomic E-state index is 11.1. The highest BCUT2D eigenvalue weighted by Gasteiger charge is 2.35. The molecule has 0 spiro atoms. The van der Waals surface area contributed by atoms with Crippen molar-refractivity contribution in [2.75, 3.05) is 0 Å². The second-order valence-corrected chi connectivity index (χ2v) is 5.23. The van der Waals surface area contributed by atoms with E-state index in [1.165, 1.54) is 0 Å². The Hall–Kier alpha value is -1.43. The second kappa shape index (κ2) is 4.35. The Bertz CT molecular complexity index is 467. The molecule has 1 saturated carbocycles. The van der Waals surface area contributed by atoms with E-state index in [1.807, 2.05) is 0 Å². The number of carboxylic acids is 1. The molecule has 0 radical (unpaired) electrons. The lowest BCUT2D eigenvalue weighted by Gasteiger charge is -2.12. The van der Waals surface area contributed by atoms with E-state index in [0.717, 1.165) is 31.4 Å². The minimum Gasteiger partial charge on any atom is -0.476 e. The maximum Gasteiger partial charge on any atom is 0.358 e. The lowest BCUT2D eigenvalue weighted by molar-refractivity contribution is 0.0428. The summed E-state index contributed by atoms with van der Waals surface area (Å²) in [6.45, 7) is 2.68. The molecule has 18 heavy (non-hydrogen) atoms. The average molecular weight is 251 g/mol. The molecule has 0 amide bonds. The third-order valence-electron chi connectivity index (χ3n) is 3.64. The number of rotatable bonds is 4. The first-order valence-electron chi connectivity index (χ1n) is 6.47. The molecule has 1 aliphatic heterocycles. The van der Waals surface area contributed by atoms with Gasteiger partial charge in [-0.15, -0.1) is 5.10 Å². The highest BCUT2D eigenvalue weighted by molar-refractivity contribution is 5.86. The first kappa shape index (κ1) is 11.6. The summed E-state index contributed by atoms with van der Waals surface area (Å²) in [7, 11) is 0. The van der Waals surface area contributed by atoms with Crippen molar-refractivity contribution in [2.24, 2.45) is 0 Å².